The number of hydrogen-bond donors (Lipinski definition) is 1. The summed E-state index contributed by atoms with van der Waals surface area (Å²) >= 11 is 0. The second kappa shape index (κ2) is 7.06. The number of carbonyl (C=O) groups excluding carboxylic acids is 1. The fraction of sp³-hybridized carbons (Fsp3) is 0.667. The molecule has 1 aromatic heterocycles. The number of ether oxygens (including phenoxy) is 2. The number of hydrogen-bond acceptors (Lipinski definition) is 6. The van der Waals surface area contributed by atoms with Crippen LogP contribution in [0.5, 0.6) is 5.88 Å². The first-order valence-electron chi connectivity index (χ1n) is 7.91. The number of amides is 1. The number of nitrogens with one attached hydrogen (secondary N) is 1. The molecular formula is C15H25BN4O3. The van der Waals surface area contributed by atoms with E-state index >= 15 is 0 Å². The Morgan fingerprint density at radius 3 is 2.78 bits per heavy atom. The van der Waals surface area contributed by atoms with E-state index in [1.807, 2.05) is 34.7 Å². The van der Waals surface area contributed by atoms with Gasteiger partial charge in [-0.2, -0.15) is 0 Å². The van der Waals surface area contributed by atoms with Gasteiger partial charge in [0.25, 0.3) is 0 Å². The molecule has 1 aromatic rings. The number of rotatable bonds is 3. The summed E-state index contributed by atoms with van der Waals surface area (Å²) < 4.78 is 10.5. The van der Waals surface area contributed by atoms with Crippen LogP contribution in [0.1, 0.15) is 33.6 Å². The molecule has 8 heteroatoms. The lowest BCUT2D eigenvalue weighted by molar-refractivity contribution is 0.0500. The summed E-state index contributed by atoms with van der Waals surface area (Å²) in [5.41, 5.74) is 0.455. The van der Waals surface area contributed by atoms with Gasteiger partial charge in [0.15, 0.2) is 5.82 Å². The van der Waals surface area contributed by atoms with Gasteiger partial charge in [0.1, 0.15) is 13.4 Å². The second-order valence-electron chi connectivity index (χ2n) is 6.83. The summed E-state index contributed by atoms with van der Waals surface area (Å²) in [5, 5.41) is 11.2. The van der Waals surface area contributed by atoms with Crippen molar-refractivity contribution < 1.29 is 14.3 Å². The molecule has 0 saturated carbocycles. The van der Waals surface area contributed by atoms with Crippen LogP contribution in [-0.4, -0.2) is 56.0 Å². The molecule has 1 amide bonds. The first kappa shape index (κ1) is 17.4. The van der Waals surface area contributed by atoms with Crippen molar-refractivity contribution in [3.05, 3.63) is 6.07 Å². The van der Waals surface area contributed by atoms with Crippen molar-refractivity contribution in [2.24, 2.45) is 0 Å². The number of carbonyl (C=O) groups is 1. The lowest BCUT2D eigenvalue weighted by Crippen LogP contribution is -2.49. The molecule has 7 nitrogen and oxygen atoms in total. The molecule has 2 heterocycles. The molecule has 1 saturated heterocycles. The highest BCUT2D eigenvalue weighted by molar-refractivity contribution is 6.34. The van der Waals surface area contributed by atoms with E-state index in [0.717, 1.165) is 30.7 Å². The Kier molecular flexibility index (Phi) is 5.33. The van der Waals surface area contributed by atoms with Crippen molar-refractivity contribution in [3.8, 4) is 5.88 Å². The number of methoxy groups -OCH3 is 1. The first-order chi connectivity index (χ1) is 10.8. The maximum atomic E-state index is 11.9. The highest BCUT2D eigenvalue weighted by Gasteiger charge is 2.25. The highest BCUT2D eigenvalue weighted by atomic mass is 16.6. The summed E-state index contributed by atoms with van der Waals surface area (Å²) in [5.74, 6) is 1.34. The smallest absolute Gasteiger partial charge is 0.407 e. The van der Waals surface area contributed by atoms with Crippen LogP contribution < -0.4 is 20.4 Å². The Hall–Kier alpha value is -1.99. The summed E-state index contributed by atoms with van der Waals surface area (Å²) in [6, 6.07) is 2.00. The van der Waals surface area contributed by atoms with Crippen molar-refractivity contribution in [1.82, 2.24) is 15.5 Å². The van der Waals surface area contributed by atoms with Gasteiger partial charge in [-0.25, -0.2) is 4.79 Å². The van der Waals surface area contributed by atoms with Crippen LogP contribution >= 0.6 is 0 Å². The van der Waals surface area contributed by atoms with Crippen molar-refractivity contribution in [2.45, 2.75) is 45.3 Å². The standard InChI is InChI=1S/C15H25BN4O3/c1-15(2,3)23-14(21)17-10-6-5-7-20(9-10)12-8-11(16)13(22-4)19-18-12/h8,10H,5-7,9,16H2,1-4H3,(H,17,21). The van der Waals surface area contributed by atoms with Crippen LogP contribution in [0.2, 0.25) is 0 Å². The lowest BCUT2D eigenvalue weighted by atomic mass is 9.98. The number of alkyl carbamates (subject to hydrolysis) is 1. The molecule has 1 fully saturated rings. The number of piperidine rings is 1. The van der Waals surface area contributed by atoms with Gasteiger partial charge in [0, 0.05) is 19.1 Å². The number of anilines is 1. The molecule has 0 spiro atoms. The van der Waals surface area contributed by atoms with E-state index in [0.29, 0.717) is 12.4 Å². The van der Waals surface area contributed by atoms with E-state index in [2.05, 4.69) is 20.4 Å². The van der Waals surface area contributed by atoms with Crippen LogP contribution in [-0.2, 0) is 4.74 Å². The Labute approximate surface area is 138 Å². The Morgan fingerprint density at radius 1 is 1.43 bits per heavy atom. The van der Waals surface area contributed by atoms with E-state index < -0.39 is 5.60 Å². The molecule has 23 heavy (non-hydrogen) atoms. The predicted molar refractivity (Wildman–Crippen MR) is 91.4 cm³/mol. The second-order valence-corrected chi connectivity index (χ2v) is 6.83. The quantitative estimate of drug-likeness (QED) is 0.804. The average molecular weight is 320 g/mol. The van der Waals surface area contributed by atoms with Gasteiger partial charge in [-0.15, -0.1) is 10.2 Å². The molecule has 1 unspecified atom stereocenters. The molecule has 2 rings (SSSR count). The Bertz CT molecular complexity index is 562. The molecule has 1 aliphatic rings. The van der Waals surface area contributed by atoms with Crippen molar-refractivity contribution in [2.75, 3.05) is 25.1 Å². The molecule has 1 N–H and O–H groups in total. The van der Waals surface area contributed by atoms with Gasteiger partial charge in [-0.3, -0.25) is 0 Å². The molecule has 126 valence electrons. The van der Waals surface area contributed by atoms with E-state index in [9.17, 15) is 4.79 Å². The van der Waals surface area contributed by atoms with Gasteiger partial charge in [0.05, 0.1) is 7.11 Å². The third kappa shape index (κ3) is 5.01. The molecule has 0 bridgehead atoms. The van der Waals surface area contributed by atoms with Crippen LogP contribution in [0, 0.1) is 0 Å². The van der Waals surface area contributed by atoms with Crippen LogP contribution in [0.3, 0.4) is 0 Å². The van der Waals surface area contributed by atoms with Crippen molar-refractivity contribution >= 4 is 25.2 Å². The summed E-state index contributed by atoms with van der Waals surface area (Å²) in [4.78, 5) is 14.0. The molecule has 0 aromatic carbocycles. The lowest BCUT2D eigenvalue weighted by Gasteiger charge is -2.34. The van der Waals surface area contributed by atoms with Gasteiger partial charge in [-0.1, -0.05) is 0 Å². The number of nitrogens with zero attached hydrogens (tertiary/aromatic N) is 3. The van der Waals surface area contributed by atoms with Crippen LogP contribution in [0.15, 0.2) is 6.07 Å². The topological polar surface area (TPSA) is 76.6 Å². The minimum Gasteiger partial charge on any atom is -0.480 e. The summed E-state index contributed by atoms with van der Waals surface area (Å²) in [6.07, 6.45) is 1.53. The molecular weight excluding hydrogens is 295 g/mol. The van der Waals surface area contributed by atoms with E-state index in [1.165, 1.54) is 0 Å². The minimum atomic E-state index is -0.489. The first-order valence-corrected chi connectivity index (χ1v) is 7.91. The van der Waals surface area contributed by atoms with E-state index in [4.69, 9.17) is 9.47 Å². The largest absolute Gasteiger partial charge is 0.480 e. The monoisotopic (exact) mass is 320 g/mol. The SMILES string of the molecule is Bc1cc(N2CCCC(NC(=O)OC(C)(C)C)C2)nnc1OC. The van der Waals surface area contributed by atoms with Crippen LogP contribution in [0.25, 0.3) is 0 Å². The third-order valence-electron chi connectivity index (χ3n) is 3.59. The zero-order chi connectivity index (χ0) is 17.0. The maximum Gasteiger partial charge on any atom is 0.407 e. The fourth-order valence-electron chi connectivity index (χ4n) is 2.59. The van der Waals surface area contributed by atoms with Gasteiger partial charge < -0.3 is 19.7 Å². The highest BCUT2D eigenvalue weighted by Crippen LogP contribution is 2.18. The predicted octanol–water partition coefficient (Wildman–Crippen LogP) is 0.237. The van der Waals surface area contributed by atoms with Gasteiger partial charge in [0.2, 0.25) is 5.88 Å². The number of aromatic nitrogens is 2. The fourth-order valence-corrected chi connectivity index (χ4v) is 2.59. The summed E-state index contributed by atoms with van der Waals surface area (Å²) in [6.45, 7) is 7.16. The van der Waals surface area contributed by atoms with Gasteiger partial charge in [-0.05, 0) is 45.1 Å². The molecule has 1 atom stereocenters. The zero-order valence-corrected chi connectivity index (χ0v) is 14.5. The van der Waals surface area contributed by atoms with E-state index in [-0.39, 0.29) is 12.1 Å². The van der Waals surface area contributed by atoms with E-state index in [1.54, 1.807) is 7.11 Å². The van der Waals surface area contributed by atoms with Crippen molar-refractivity contribution in [1.29, 1.82) is 0 Å². The molecule has 0 radical (unpaired) electrons. The van der Waals surface area contributed by atoms with Crippen LogP contribution in [0.4, 0.5) is 10.6 Å². The molecule has 1 aliphatic heterocycles. The zero-order valence-electron chi connectivity index (χ0n) is 14.5. The van der Waals surface area contributed by atoms with Crippen molar-refractivity contribution in [3.63, 3.8) is 0 Å². The van der Waals surface area contributed by atoms with Gasteiger partial charge >= 0.3 is 6.09 Å². The average Bonchev–Trinajstić information content (AvgIpc) is 2.45. The Morgan fingerprint density at radius 2 is 2.17 bits per heavy atom. The Balaban J connectivity index is 1.98. The normalized spacial score (nSPS) is 18.4. The molecule has 0 aliphatic carbocycles. The summed E-state index contributed by atoms with van der Waals surface area (Å²) in [7, 11) is 3.52. The third-order valence-corrected chi connectivity index (χ3v) is 3.59. The maximum absolute atomic E-state index is 11.9. The minimum absolute atomic E-state index is 0.0443.